The molecule has 15 heavy (non-hydrogen) atoms. The van der Waals surface area contributed by atoms with Crippen molar-refractivity contribution in [3.05, 3.63) is 6.20 Å². The molecule has 0 radical (unpaired) electrons. The smallest absolute Gasteiger partial charge is 0.211 e. The van der Waals surface area contributed by atoms with Crippen molar-refractivity contribution in [1.29, 1.82) is 0 Å². The SMILES string of the molecule is CS(=O)(=O)N1CCC(n2ncc(N)n2)C1. The molecule has 0 bridgehead atoms. The summed E-state index contributed by atoms with van der Waals surface area (Å²) in [6.45, 7) is 0.942. The van der Waals surface area contributed by atoms with Gasteiger partial charge in [-0.3, -0.25) is 0 Å². The molecule has 0 amide bonds. The number of nitrogen functional groups attached to an aromatic ring is 1. The molecule has 7 nitrogen and oxygen atoms in total. The lowest BCUT2D eigenvalue weighted by Crippen LogP contribution is -2.28. The molecule has 0 saturated carbocycles. The van der Waals surface area contributed by atoms with E-state index in [4.69, 9.17) is 5.73 Å². The van der Waals surface area contributed by atoms with Crippen LogP contribution in [0.5, 0.6) is 0 Å². The number of rotatable bonds is 2. The monoisotopic (exact) mass is 231 g/mol. The Morgan fingerprint density at radius 1 is 1.60 bits per heavy atom. The van der Waals surface area contributed by atoms with Crippen LogP contribution in [0.3, 0.4) is 0 Å². The molecule has 0 aliphatic carbocycles. The van der Waals surface area contributed by atoms with Crippen LogP contribution in [0.15, 0.2) is 6.20 Å². The molecule has 1 saturated heterocycles. The van der Waals surface area contributed by atoms with E-state index < -0.39 is 10.0 Å². The predicted molar refractivity (Wildman–Crippen MR) is 54.5 cm³/mol. The molecule has 8 heteroatoms. The fourth-order valence-corrected chi connectivity index (χ4v) is 2.54. The Balaban J connectivity index is 2.11. The van der Waals surface area contributed by atoms with E-state index in [0.717, 1.165) is 6.42 Å². The number of aromatic nitrogens is 3. The average molecular weight is 231 g/mol. The van der Waals surface area contributed by atoms with Gasteiger partial charge in [0, 0.05) is 13.1 Å². The summed E-state index contributed by atoms with van der Waals surface area (Å²) in [5.74, 6) is 0.354. The average Bonchev–Trinajstić information content (AvgIpc) is 2.69. The van der Waals surface area contributed by atoms with Crippen LogP contribution in [0.1, 0.15) is 12.5 Å². The van der Waals surface area contributed by atoms with Crippen molar-refractivity contribution in [3.63, 3.8) is 0 Å². The highest BCUT2D eigenvalue weighted by atomic mass is 32.2. The van der Waals surface area contributed by atoms with Crippen LogP contribution in [-0.4, -0.2) is 47.1 Å². The van der Waals surface area contributed by atoms with Gasteiger partial charge >= 0.3 is 0 Å². The van der Waals surface area contributed by atoms with Crippen LogP contribution in [0.4, 0.5) is 5.82 Å². The fraction of sp³-hybridized carbons (Fsp3) is 0.714. The van der Waals surface area contributed by atoms with Crippen LogP contribution < -0.4 is 5.73 Å². The van der Waals surface area contributed by atoms with E-state index in [-0.39, 0.29) is 6.04 Å². The molecule has 1 aliphatic heterocycles. The number of nitrogens with zero attached hydrogens (tertiary/aromatic N) is 4. The van der Waals surface area contributed by atoms with E-state index in [9.17, 15) is 8.42 Å². The Hall–Kier alpha value is -1.15. The molecular formula is C7H13N5O2S. The topological polar surface area (TPSA) is 94.1 Å². The van der Waals surface area contributed by atoms with Crippen LogP contribution >= 0.6 is 0 Å². The Bertz CT molecular complexity index is 454. The van der Waals surface area contributed by atoms with Gasteiger partial charge in [-0.25, -0.2) is 8.42 Å². The summed E-state index contributed by atoms with van der Waals surface area (Å²) in [6, 6.07) is -0.00275. The molecule has 2 heterocycles. The third-order valence-corrected chi connectivity index (χ3v) is 3.72. The van der Waals surface area contributed by atoms with Gasteiger partial charge in [0.25, 0.3) is 0 Å². The first-order valence-corrected chi connectivity index (χ1v) is 6.44. The highest BCUT2D eigenvalue weighted by molar-refractivity contribution is 7.88. The Labute approximate surface area is 87.9 Å². The molecule has 2 rings (SSSR count). The van der Waals surface area contributed by atoms with Gasteiger partial charge in [0.05, 0.1) is 18.5 Å². The van der Waals surface area contributed by atoms with E-state index in [1.807, 2.05) is 0 Å². The first-order valence-electron chi connectivity index (χ1n) is 4.59. The molecule has 84 valence electrons. The van der Waals surface area contributed by atoms with E-state index in [2.05, 4.69) is 10.2 Å². The molecule has 1 aromatic rings. The molecule has 1 aromatic heterocycles. The van der Waals surface area contributed by atoms with Gasteiger partial charge in [-0.05, 0) is 6.42 Å². The second kappa shape index (κ2) is 3.46. The van der Waals surface area contributed by atoms with Crippen LogP contribution in [0.2, 0.25) is 0 Å². The van der Waals surface area contributed by atoms with Crippen LogP contribution in [0, 0.1) is 0 Å². The quantitative estimate of drug-likeness (QED) is 0.709. The summed E-state index contributed by atoms with van der Waals surface area (Å²) >= 11 is 0. The first kappa shape index (κ1) is 10.4. The fourth-order valence-electron chi connectivity index (χ4n) is 1.66. The number of nitrogens with two attached hydrogens (primary N) is 1. The van der Waals surface area contributed by atoms with E-state index in [1.54, 1.807) is 0 Å². The second-order valence-electron chi connectivity index (χ2n) is 3.65. The Kier molecular flexibility index (Phi) is 2.39. The van der Waals surface area contributed by atoms with Gasteiger partial charge in [-0.1, -0.05) is 0 Å². The zero-order valence-electron chi connectivity index (χ0n) is 8.37. The third kappa shape index (κ3) is 2.10. The minimum absolute atomic E-state index is 0.00275. The largest absolute Gasteiger partial charge is 0.381 e. The number of anilines is 1. The lowest BCUT2D eigenvalue weighted by atomic mass is 10.3. The molecule has 1 atom stereocenters. The van der Waals surface area contributed by atoms with Gasteiger partial charge in [0.2, 0.25) is 10.0 Å². The van der Waals surface area contributed by atoms with Gasteiger partial charge in [-0.2, -0.15) is 14.2 Å². The number of hydrogen-bond acceptors (Lipinski definition) is 5. The van der Waals surface area contributed by atoms with Crippen molar-refractivity contribution < 1.29 is 8.42 Å². The lowest BCUT2D eigenvalue weighted by molar-refractivity contribution is 0.405. The molecular weight excluding hydrogens is 218 g/mol. The minimum atomic E-state index is -3.10. The Morgan fingerprint density at radius 3 is 2.80 bits per heavy atom. The molecule has 0 aromatic carbocycles. The molecule has 0 spiro atoms. The van der Waals surface area contributed by atoms with Crippen LogP contribution in [-0.2, 0) is 10.0 Å². The van der Waals surface area contributed by atoms with Crippen molar-refractivity contribution in [2.45, 2.75) is 12.5 Å². The maximum absolute atomic E-state index is 11.3. The molecule has 2 N–H and O–H groups in total. The zero-order valence-corrected chi connectivity index (χ0v) is 9.18. The maximum atomic E-state index is 11.3. The van der Waals surface area contributed by atoms with Crippen molar-refractivity contribution in [3.8, 4) is 0 Å². The van der Waals surface area contributed by atoms with Gasteiger partial charge in [0.1, 0.15) is 0 Å². The van der Waals surface area contributed by atoms with E-state index in [1.165, 1.54) is 21.6 Å². The number of hydrogen-bond donors (Lipinski definition) is 1. The van der Waals surface area contributed by atoms with Gasteiger partial charge < -0.3 is 5.73 Å². The second-order valence-corrected chi connectivity index (χ2v) is 5.64. The number of sulfonamides is 1. The summed E-state index contributed by atoms with van der Waals surface area (Å²) in [4.78, 5) is 1.49. The van der Waals surface area contributed by atoms with Crippen molar-refractivity contribution >= 4 is 15.8 Å². The molecule has 1 fully saturated rings. The van der Waals surface area contributed by atoms with E-state index >= 15 is 0 Å². The van der Waals surface area contributed by atoms with E-state index in [0.29, 0.717) is 18.9 Å². The summed E-state index contributed by atoms with van der Waals surface area (Å²) in [7, 11) is -3.10. The molecule has 1 aliphatic rings. The minimum Gasteiger partial charge on any atom is -0.381 e. The highest BCUT2D eigenvalue weighted by Gasteiger charge is 2.30. The Morgan fingerprint density at radius 2 is 2.33 bits per heavy atom. The summed E-state index contributed by atoms with van der Waals surface area (Å²) in [5.41, 5.74) is 5.44. The standard InChI is InChI=1S/C7H13N5O2S/c1-15(13,14)11-3-2-6(5-11)12-9-4-7(8)10-12/h4,6H,2-3,5H2,1H3,(H2,8,10). The van der Waals surface area contributed by atoms with Crippen molar-refractivity contribution in [2.75, 3.05) is 25.1 Å². The van der Waals surface area contributed by atoms with Crippen LogP contribution in [0.25, 0.3) is 0 Å². The summed E-state index contributed by atoms with van der Waals surface area (Å²) in [6.07, 6.45) is 3.39. The maximum Gasteiger partial charge on any atom is 0.211 e. The predicted octanol–water partition coefficient (Wildman–Crippen LogP) is -0.933. The van der Waals surface area contributed by atoms with Crippen molar-refractivity contribution in [1.82, 2.24) is 19.3 Å². The first-order chi connectivity index (χ1) is 6.97. The highest BCUT2D eigenvalue weighted by Crippen LogP contribution is 2.21. The van der Waals surface area contributed by atoms with Crippen molar-refractivity contribution in [2.24, 2.45) is 0 Å². The lowest BCUT2D eigenvalue weighted by Gasteiger charge is -2.12. The normalized spacial score (nSPS) is 23.4. The zero-order chi connectivity index (χ0) is 11.1. The van der Waals surface area contributed by atoms with Gasteiger partial charge in [-0.15, -0.1) is 5.10 Å². The third-order valence-electron chi connectivity index (χ3n) is 2.45. The summed E-state index contributed by atoms with van der Waals surface area (Å²) in [5, 5.41) is 7.94. The summed E-state index contributed by atoms with van der Waals surface area (Å²) < 4.78 is 24.0. The molecule has 1 unspecified atom stereocenters. The van der Waals surface area contributed by atoms with Gasteiger partial charge in [0.15, 0.2) is 5.82 Å².